The first-order chi connectivity index (χ1) is 5.77. The zero-order valence-electron chi connectivity index (χ0n) is 6.58. The van der Waals surface area contributed by atoms with E-state index >= 15 is 0 Å². The van der Waals surface area contributed by atoms with Crippen LogP contribution in [0.3, 0.4) is 0 Å². The number of halogens is 2. The molecule has 2 atom stereocenters. The number of nitrogens with zero attached hydrogens (tertiary/aromatic N) is 2. The van der Waals surface area contributed by atoms with Crippen molar-refractivity contribution in [2.24, 2.45) is 0 Å². The standard InChI is InChI=1S/C8H10ClFN2/c9-6-4-11-12(5-6)8-3-1-2-7(8)10/h4-5,7-8H,1-3H2. The van der Waals surface area contributed by atoms with Gasteiger partial charge in [-0.2, -0.15) is 5.10 Å². The van der Waals surface area contributed by atoms with E-state index in [0.29, 0.717) is 11.4 Å². The van der Waals surface area contributed by atoms with E-state index in [0.717, 1.165) is 12.8 Å². The summed E-state index contributed by atoms with van der Waals surface area (Å²) in [6.45, 7) is 0. The van der Waals surface area contributed by atoms with Crippen molar-refractivity contribution in [3.63, 3.8) is 0 Å². The van der Waals surface area contributed by atoms with Crippen molar-refractivity contribution in [3.8, 4) is 0 Å². The Labute approximate surface area is 75.3 Å². The molecule has 0 saturated heterocycles. The molecule has 1 aromatic heterocycles. The molecule has 0 aliphatic heterocycles. The Kier molecular flexibility index (Phi) is 2.05. The number of aromatic nitrogens is 2. The third kappa shape index (κ3) is 1.33. The predicted octanol–water partition coefficient (Wildman–Crippen LogP) is 2.60. The second kappa shape index (κ2) is 3.05. The average molecular weight is 189 g/mol. The Bertz CT molecular complexity index is 274. The molecule has 1 saturated carbocycles. The summed E-state index contributed by atoms with van der Waals surface area (Å²) >= 11 is 5.68. The van der Waals surface area contributed by atoms with Crippen LogP contribution in [0.25, 0.3) is 0 Å². The van der Waals surface area contributed by atoms with Gasteiger partial charge in [0, 0.05) is 6.20 Å². The lowest BCUT2D eigenvalue weighted by molar-refractivity contribution is 0.250. The van der Waals surface area contributed by atoms with Gasteiger partial charge in [-0.25, -0.2) is 4.39 Å². The Balaban J connectivity index is 2.19. The van der Waals surface area contributed by atoms with Crippen LogP contribution in [0.4, 0.5) is 4.39 Å². The molecule has 0 N–H and O–H groups in total. The third-order valence-corrected chi connectivity index (χ3v) is 2.50. The molecule has 0 spiro atoms. The van der Waals surface area contributed by atoms with Crippen LogP contribution < -0.4 is 0 Å². The molecule has 0 bridgehead atoms. The van der Waals surface area contributed by atoms with Crippen LogP contribution in [-0.2, 0) is 0 Å². The van der Waals surface area contributed by atoms with Gasteiger partial charge in [-0.3, -0.25) is 4.68 Å². The predicted molar refractivity (Wildman–Crippen MR) is 45.0 cm³/mol. The van der Waals surface area contributed by atoms with E-state index in [1.54, 1.807) is 17.1 Å². The van der Waals surface area contributed by atoms with Crippen molar-refractivity contribution in [2.75, 3.05) is 0 Å². The van der Waals surface area contributed by atoms with Gasteiger partial charge < -0.3 is 0 Å². The summed E-state index contributed by atoms with van der Waals surface area (Å²) in [7, 11) is 0. The lowest BCUT2D eigenvalue weighted by Crippen LogP contribution is -2.14. The molecule has 1 fully saturated rings. The van der Waals surface area contributed by atoms with Gasteiger partial charge in [0.1, 0.15) is 6.17 Å². The van der Waals surface area contributed by atoms with E-state index in [4.69, 9.17) is 11.6 Å². The van der Waals surface area contributed by atoms with Gasteiger partial charge in [-0.15, -0.1) is 0 Å². The molecule has 4 heteroatoms. The second-order valence-electron chi connectivity index (χ2n) is 3.15. The topological polar surface area (TPSA) is 17.8 Å². The monoisotopic (exact) mass is 188 g/mol. The van der Waals surface area contributed by atoms with E-state index in [1.807, 2.05) is 0 Å². The van der Waals surface area contributed by atoms with Crippen molar-refractivity contribution in [1.29, 1.82) is 0 Å². The van der Waals surface area contributed by atoms with Crippen LogP contribution in [-0.4, -0.2) is 16.0 Å². The highest BCUT2D eigenvalue weighted by molar-refractivity contribution is 6.30. The largest absolute Gasteiger partial charge is 0.265 e. The van der Waals surface area contributed by atoms with E-state index in [2.05, 4.69) is 5.10 Å². The molecular weight excluding hydrogens is 179 g/mol. The van der Waals surface area contributed by atoms with Gasteiger partial charge in [-0.1, -0.05) is 11.6 Å². The van der Waals surface area contributed by atoms with Gasteiger partial charge >= 0.3 is 0 Å². The van der Waals surface area contributed by atoms with E-state index in [9.17, 15) is 4.39 Å². The maximum absolute atomic E-state index is 13.2. The van der Waals surface area contributed by atoms with Crippen LogP contribution in [0.5, 0.6) is 0 Å². The summed E-state index contributed by atoms with van der Waals surface area (Å²) in [5.41, 5.74) is 0. The first-order valence-corrected chi connectivity index (χ1v) is 4.49. The Hall–Kier alpha value is -0.570. The molecule has 1 aromatic rings. The van der Waals surface area contributed by atoms with Crippen molar-refractivity contribution >= 4 is 11.6 Å². The maximum Gasteiger partial charge on any atom is 0.122 e. The van der Waals surface area contributed by atoms with Crippen molar-refractivity contribution < 1.29 is 4.39 Å². The number of hydrogen-bond donors (Lipinski definition) is 0. The minimum Gasteiger partial charge on any atom is -0.265 e. The zero-order valence-corrected chi connectivity index (χ0v) is 7.34. The fourth-order valence-corrected chi connectivity index (χ4v) is 1.83. The molecule has 66 valence electrons. The summed E-state index contributed by atoms with van der Waals surface area (Å²) in [5, 5.41) is 4.57. The van der Waals surface area contributed by atoms with Crippen LogP contribution in [0, 0.1) is 0 Å². The molecule has 1 heterocycles. The summed E-state index contributed by atoms with van der Waals surface area (Å²) < 4.78 is 14.8. The van der Waals surface area contributed by atoms with Gasteiger partial charge in [-0.05, 0) is 19.3 Å². The molecule has 2 unspecified atom stereocenters. The van der Waals surface area contributed by atoms with E-state index in [-0.39, 0.29) is 6.04 Å². The summed E-state index contributed by atoms with van der Waals surface area (Å²) in [5.74, 6) is 0. The third-order valence-electron chi connectivity index (χ3n) is 2.31. The quantitative estimate of drug-likeness (QED) is 0.663. The number of hydrogen-bond acceptors (Lipinski definition) is 1. The first kappa shape index (κ1) is 8.05. The summed E-state index contributed by atoms with van der Waals surface area (Å²) in [6.07, 6.45) is 4.96. The maximum atomic E-state index is 13.2. The molecule has 1 aliphatic rings. The highest BCUT2D eigenvalue weighted by Crippen LogP contribution is 2.32. The lowest BCUT2D eigenvalue weighted by atomic mass is 10.2. The number of alkyl halides is 1. The SMILES string of the molecule is FC1CCCC1n1cc(Cl)cn1. The summed E-state index contributed by atoms with van der Waals surface area (Å²) in [4.78, 5) is 0. The highest BCUT2D eigenvalue weighted by atomic mass is 35.5. The fourth-order valence-electron chi connectivity index (χ4n) is 1.69. The smallest absolute Gasteiger partial charge is 0.122 e. The van der Waals surface area contributed by atoms with Crippen molar-refractivity contribution in [3.05, 3.63) is 17.4 Å². The zero-order chi connectivity index (χ0) is 8.55. The van der Waals surface area contributed by atoms with Gasteiger partial charge in [0.25, 0.3) is 0 Å². The minimum absolute atomic E-state index is 0.0856. The normalized spacial score (nSPS) is 29.5. The van der Waals surface area contributed by atoms with Gasteiger partial charge in [0.2, 0.25) is 0 Å². The minimum atomic E-state index is -0.749. The molecule has 2 nitrogen and oxygen atoms in total. The Morgan fingerprint density at radius 1 is 1.58 bits per heavy atom. The van der Waals surface area contributed by atoms with E-state index in [1.165, 1.54) is 0 Å². The average Bonchev–Trinajstić information content (AvgIpc) is 2.58. The molecule has 2 rings (SSSR count). The Morgan fingerprint density at radius 3 is 2.92 bits per heavy atom. The molecule has 0 amide bonds. The van der Waals surface area contributed by atoms with Crippen LogP contribution in [0.15, 0.2) is 12.4 Å². The Morgan fingerprint density at radius 2 is 2.42 bits per heavy atom. The molecule has 0 aromatic carbocycles. The van der Waals surface area contributed by atoms with Gasteiger partial charge in [0.15, 0.2) is 0 Å². The number of rotatable bonds is 1. The highest BCUT2D eigenvalue weighted by Gasteiger charge is 2.28. The van der Waals surface area contributed by atoms with Gasteiger partial charge in [0.05, 0.1) is 17.3 Å². The first-order valence-electron chi connectivity index (χ1n) is 4.11. The van der Waals surface area contributed by atoms with Crippen molar-refractivity contribution in [2.45, 2.75) is 31.5 Å². The van der Waals surface area contributed by atoms with Crippen LogP contribution in [0.1, 0.15) is 25.3 Å². The molecule has 12 heavy (non-hydrogen) atoms. The summed E-state index contributed by atoms with van der Waals surface area (Å²) in [6, 6.07) is -0.0856. The van der Waals surface area contributed by atoms with Crippen molar-refractivity contribution in [1.82, 2.24) is 9.78 Å². The van der Waals surface area contributed by atoms with E-state index < -0.39 is 6.17 Å². The molecular formula is C8H10ClFN2. The van der Waals surface area contributed by atoms with Crippen LogP contribution in [0.2, 0.25) is 5.02 Å². The second-order valence-corrected chi connectivity index (χ2v) is 3.59. The lowest BCUT2D eigenvalue weighted by Gasteiger charge is -2.12. The fraction of sp³-hybridized carbons (Fsp3) is 0.625. The van der Waals surface area contributed by atoms with Crippen LogP contribution >= 0.6 is 11.6 Å². The molecule has 0 radical (unpaired) electrons. The molecule has 1 aliphatic carbocycles.